The maximum atomic E-state index is 12.0. The van der Waals surface area contributed by atoms with Gasteiger partial charge in [-0.25, -0.2) is 4.79 Å². The van der Waals surface area contributed by atoms with Crippen LogP contribution in [0.5, 0.6) is 11.8 Å². The van der Waals surface area contributed by atoms with Gasteiger partial charge in [-0.3, -0.25) is 0 Å². The number of carboxylic acid groups (broad SMARTS) is 1. The van der Waals surface area contributed by atoms with Crippen LogP contribution < -0.4 is 9.47 Å². The quantitative estimate of drug-likeness (QED) is 0.0522. The summed E-state index contributed by atoms with van der Waals surface area (Å²) in [6, 6.07) is 3.48. The molecule has 0 saturated carbocycles. The van der Waals surface area contributed by atoms with E-state index >= 15 is 0 Å². The molecule has 0 bridgehead atoms. The first kappa shape index (κ1) is 37.4. The van der Waals surface area contributed by atoms with Crippen LogP contribution in [0.3, 0.4) is 0 Å². The smallest absolute Gasteiger partial charge is 0.335 e. The molecule has 10 heteroatoms. The molecule has 1 N–H and O–H groups in total. The SMILES string of the molecule is CCCCCCCCCCCCCCCc1cc(OCC(COC(C)(CCCCCI)C(=O)O)Oc2cc(C)on2)no1. The van der Waals surface area contributed by atoms with E-state index in [4.69, 9.17) is 23.3 Å². The van der Waals surface area contributed by atoms with Crippen molar-refractivity contribution in [2.75, 3.05) is 17.6 Å². The van der Waals surface area contributed by atoms with Gasteiger partial charge >= 0.3 is 5.97 Å². The average molecular weight is 719 g/mol. The highest BCUT2D eigenvalue weighted by Crippen LogP contribution is 2.23. The van der Waals surface area contributed by atoms with Crippen LogP contribution in [0.15, 0.2) is 21.2 Å². The van der Waals surface area contributed by atoms with Crippen LogP contribution in [0.2, 0.25) is 0 Å². The van der Waals surface area contributed by atoms with Gasteiger partial charge in [-0.2, -0.15) is 0 Å². The van der Waals surface area contributed by atoms with Crippen LogP contribution >= 0.6 is 22.6 Å². The molecule has 246 valence electrons. The Morgan fingerprint density at radius 2 is 1.47 bits per heavy atom. The van der Waals surface area contributed by atoms with Gasteiger partial charge in [0.1, 0.15) is 18.1 Å². The molecule has 2 heterocycles. The molecule has 2 aromatic rings. The molecule has 2 unspecified atom stereocenters. The second-order valence-electron chi connectivity index (χ2n) is 11.8. The lowest BCUT2D eigenvalue weighted by Crippen LogP contribution is -2.42. The summed E-state index contributed by atoms with van der Waals surface area (Å²) in [4.78, 5) is 12.0. The largest absolute Gasteiger partial charge is 0.479 e. The van der Waals surface area contributed by atoms with Crippen LogP contribution in [0.4, 0.5) is 0 Å². The van der Waals surface area contributed by atoms with Crippen molar-refractivity contribution in [1.82, 2.24) is 10.3 Å². The van der Waals surface area contributed by atoms with Gasteiger partial charge in [-0.05, 0) is 54.3 Å². The Labute approximate surface area is 272 Å². The van der Waals surface area contributed by atoms with Gasteiger partial charge in [0.25, 0.3) is 11.8 Å². The summed E-state index contributed by atoms with van der Waals surface area (Å²) < 4.78 is 29.4. The molecule has 2 atom stereocenters. The van der Waals surface area contributed by atoms with E-state index in [0.29, 0.717) is 18.1 Å². The van der Waals surface area contributed by atoms with Gasteiger partial charge in [0.05, 0.1) is 6.61 Å². The lowest BCUT2D eigenvalue weighted by molar-refractivity contribution is -0.168. The number of rotatable bonds is 28. The minimum Gasteiger partial charge on any atom is -0.479 e. The molecule has 0 saturated heterocycles. The zero-order valence-corrected chi connectivity index (χ0v) is 28.9. The summed E-state index contributed by atoms with van der Waals surface area (Å²) in [6.45, 7) is 5.74. The topological polar surface area (TPSA) is 117 Å². The molecule has 2 rings (SSSR count). The van der Waals surface area contributed by atoms with Crippen molar-refractivity contribution in [1.29, 1.82) is 0 Å². The van der Waals surface area contributed by atoms with E-state index < -0.39 is 17.7 Å². The minimum atomic E-state index is -1.32. The number of aryl methyl sites for hydroxylation is 2. The van der Waals surface area contributed by atoms with Crippen LogP contribution in [0, 0.1) is 6.92 Å². The molecule has 0 aliphatic heterocycles. The maximum absolute atomic E-state index is 12.0. The zero-order chi connectivity index (χ0) is 31.2. The molecular formula is C33H55IN2O7. The highest BCUT2D eigenvalue weighted by Gasteiger charge is 2.35. The van der Waals surface area contributed by atoms with Crippen molar-refractivity contribution in [2.45, 2.75) is 148 Å². The van der Waals surface area contributed by atoms with E-state index in [-0.39, 0.29) is 19.1 Å². The first-order valence-corrected chi connectivity index (χ1v) is 18.0. The highest BCUT2D eigenvalue weighted by molar-refractivity contribution is 14.1. The van der Waals surface area contributed by atoms with E-state index in [9.17, 15) is 9.90 Å². The number of unbranched alkanes of at least 4 members (excludes halogenated alkanes) is 14. The molecule has 43 heavy (non-hydrogen) atoms. The summed E-state index contributed by atoms with van der Waals surface area (Å²) >= 11 is 2.33. The molecular weight excluding hydrogens is 663 g/mol. The van der Waals surface area contributed by atoms with Crippen molar-refractivity contribution in [3.05, 3.63) is 23.7 Å². The van der Waals surface area contributed by atoms with E-state index in [2.05, 4.69) is 39.8 Å². The lowest BCUT2D eigenvalue weighted by Gasteiger charge is -2.28. The van der Waals surface area contributed by atoms with Gasteiger partial charge in [0.2, 0.25) is 0 Å². The number of aliphatic carboxylic acids is 1. The number of carbonyl (C=O) groups is 1. The summed E-state index contributed by atoms with van der Waals surface area (Å²) in [5.41, 5.74) is -1.32. The maximum Gasteiger partial charge on any atom is 0.335 e. The Bertz CT molecular complexity index is 982. The van der Waals surface area contributed by atoms with Crippen LogP contribution in [-0.4, -0.2) is 50.7 Å². The molecule has 0 spiro atoms. The van der Waals surface area contributed by atoms with Crippen molar-refractivity contribution in [2.24, 2.45) is 0 Å². The third-order valence-corrected chi connectivity index (χ3v) is 8.47. The van der Waals surface area contributed by atoms with E-state index in [1.54, 1.807) is 19.9 Å². The number of aromatic nitrogens is 2. The van der Waals surface area contributed by atoms with Crippen molar-refractivity contribution in [3.63, 3.8) is 0 Å². The van der Waals surface area contributed by atoms with Crippen LogP contribution in [0.25, 0.3) is 0 Å². The first-order valence-electron chi connectivity index (χ1n) is 16.5. The molecule has 0 aliphatic rings. The summed E-state index contributed by atoms with van der Waals surface area (Å²) in [7, 11) is 0. The molecule has 0 aliphatic carbocycles. The van der Waals surface area contributed by atoms with E-state index in [1.807, 2.05) is 6.07 Å². The van der Waals surface area contributed by atoms with Crippen molar-refractivity contribution >= 4 is 28.6 Å². The number of hydrogen-bond acceptors (Lipinski definition) is 8. The number of alkyl halides is 1. The van der Waals surface area contributed by atoms with Gasteiger partial charge in [-0.15, -0.1) is 0 Å². The number of carboxylic acids is 1. The van der Waals surface area contributed by atoms with Crippen LogP contribution in [-0.2, 0) is 16.0 Å². The predicted octanol–water partition coefficient (Wildman–Crippen LogP) is 9.29. The Morgan fingerprint density at radius 1 is 0.860 bits per heavy atom. The zero-order valence-electron chi connectivity index (χ0n) is 26.8. The summed E-state index contributed by atoms with van der Waals surface area (Å²) in [6.07, 6.45) is 20.6. The second-order valence-corrected chi connectivity index (χ2v) is 12.9. The Balaban J connectivity index is 1.71. The Kier molecular flexibility index (Phi) is 19.7. The third kappa shape index (κ3) is 16.7. The van der Waals surface area contributed by atoms with Crippen LogP contribution in [0.1, 0.15) is 135 Å². The normalized spacial score (nSPS) is 13.6. The highest BCUT2D eigenvalue weighted by atomic mass is 127. The monoisotopic (exact) mass is 718 g/mol. The second kappa shape index (κ2) is 22.7. The molecule has 0 amide bonds. The average Bonchev–Trinajstić information content (AvgIpc) is 3.63. The van der Waals surface area contributed by atoms with Gasteiger partial charge in [0.15, 0.2) is 11.7 Å². The van der Waals surface area contributed by atoms with E-state index in [1.165, 1.54) is 77.0 Å². The Morgan fingerprint density at radius 3 is 2.05 bits per heavy atom. The molecule has 0 fully saturated rings. The van der Waals surface area contributed by atoms with Crippen molar-refractivity contribution < 1.29 is 33.2 Å². The third-order valence-electron chi connectivity index (χ3n) is 7.70. The van der Waals surface area contributed by atoms with Gasteiger partial charge < -0.3 is 28.4 Å². The lowest BCUT2D eigenvalue weighted by atomic mass is 9.98. The summed E-state index contributed by atoms with van der Waals surface area (Å²) in [5.74, 6) is 1.07. The Hall–Kier alpha value is -1.82. The number of ether oxygens (including phenoxy) is 3. The first-order chi connectivity index (χ1) is 20.9. The molecule has 9 nitrogen and oxygen atoms in total. The van der Waals surface area contributed by atoms with Gasteiger partial charge in [-0.1, -0.05) is 113 Å². The van der Waals surface area contributed by atoms with Crippen molar-refractivity contribution in [3.8, 4) is 11.8 Å². The fourth-order valence-corrected chi connectivity index (χ4v) is 5.45. The fourth-order valence-electron chi connectivity index (χ4n) is 4.91. The van der Waals surface area contributed by atoms with E-state index in [0.717, 1.165) is 42.3 Å². The summed E-state index contributed by atoms with van der Waals surface area (Å²) in [5, 5.41) is 17.8. The molecule has 0 aromatic carbocycles. The fraction of sp³-hybridized carbons (Fsp3) is 0.788. The number of halogens is 1. The number of nitrogens with zero attached hydrogens (tertiary/aromatic N) is 2. The standard InChI is InChI=1S/C33H55IN2O7/c1-4-5-6-7-8-9-10-11-12-13-14-15-17-20-28-24-30(35-43-28)39-25-29(41-31-23-27(2)42-36-31)26-40-33(3,32(37)38)21-18-16-19-22-34/h23-24,29H,4-22,25-26H2,1-3H3,(H,37,38). The number of hydrogen-bond donors (Lipinski definition) is 1. The molecule has 0 radical (unpaired) electrons. The predicted molar refractivity (Wildman–Crippen MR) is 176 cm³/mol. The minimum absolute atomic E-state index is 0.00462. The molecule has 2 aromatic heterocycles. The van der Waals surface area contributed by atoms with Gasteiger partial charge in [0, 0.05) is 18.6 Å².